The van der Waals surface area contributed by atoms with Crippen LogP contribution in [0.2, 0.25) is 0 Å². The Morgan fingerprint density at radius 3 is 1.79 bits per heavy atom. The van der Waals surface area contributed by atoms with Crippen molar-refractivity contribution in [2.75, 3.05) is 14.2 Å². The topological polar surface area (TPSA) is 56.3 Å². The number of ether oxygens (including phenoxy) is 2. The summed E-state index contributed by atoms with van der Waals surface area (Å²) in [4.78, 5) is 8.31. The molecule has 2 aromatic rings. The molecular weight excluding hydrogens is 242 g/mol. The molecular formula is C14H17N3O2. The number of nitrogens with zero attached hydrogens (tertiary/aromatic N) is 2. The summed E-state index contributed by atoms with van der Waals surface area (Å²) in [5, 5.41) is 3.33. The number of rotatable bonds is 6. The van der Waals surface area contributed by atoms with Crippen LogP contribution in [0.1, 0.15) is 11.1 Å². The van der Waals surface area contributed by atoms with Crippen molar-refractivity contribution in [2.45, 2.75) is 13.1 Å². The van der Waals surface area contributed by atoms with Gasteiger partial charge in [0, 0.05) is 36.6 Å². The van der Waals surface area contributed by atoms with Crippen LogP contribution in [0.3, 0.4) is 0 Å². The van der Waals surface area contributed by atoms with Gasteiger partial charge in [-0.25, -0.2) is 9.97 Å². The Balaban J connectivity index is 1.96. The molecule has 100 valence electrons. The number of aromatic nitrogens is 2. The van der Waals surface area contributed by atoms with Gasteiger partial charge < -0.3 is 14.8 Å². The van der Waals surface area contributed by atoms with Crippen molar-refractivity contribution in [1.82, 2.24) is 15.3 Å². The molecule has 19 heavy (non-hydrogen) atoms. The molecule has 2 heterocycles. The molecule has 5 heteroatoms. The molecule has 1 N–H and O–H groups in total. The molecule has 0 saturated heterocycles. The fourth-order valence-corrected chi connectivity index (χ4v) is 1.82. The Morgan fingerprint density at radius 1 is 0.895 bits per heavy atom. The second-order valence-electron chi connectivity index (χ2n) is 3.95. The van der Waals surface area contributed by atoms with Crippen LogP contribution >= 0.6 is 0 Å². The van der Waals surface area contributed by atoms with Gasteiger partial charge in [0.15, 0.2) is 0 Å². The highest BCUT2D eigenvalue weighted by atomic mass is 16.5. The lowest BCUT2D eigenvalue weighted by Crippen LogP contribution is -2.14. The molecule has 0 radical (unpaired) electrons. The number of hydrogen-bond donors (Lipinski definition) is 1. The third-order valence-corrected chi connectivity index (χ3v) is 2.72. The van der Waals surface area contributed by atoms with Crippen LogP contribution in [0, 0.1) is 0 Å². The Morgan fingerprint density at radius 2 is 1.37 bits per heavy atom. The van der Waals surface area contributed by atoms with Crippen LogP contribution in [0.25, 0.3) is 0 Å². The third-order valence-electron chi connectivity index (χ3n) is 2.72. The molecule has 0 aliphatic rings. The Kier molecular flexibility index (Phi) is 4.69. The van der Waals surface area contributed by atoms with E-state index in [4.69, 9.17) is 9.47 Å². The maximum absolute atomic E-state index is 5.20. The van der Waals surface area contributed by atoms with E-state index in [-0.39, 0.29) is 0 Å². The molecule has 5 nitrogen and oxygen atoms in total. The minimum Gasteiger partial charge on any atom is -0.481 e. The van der Waals surface area contributed by atoms with Gasteiger partial charge in [0.2, 0.25) is 11.8 Å². The first-order chi connectivity index (χ1) is 9.35. The van der Waals surface area contributed by atoms with E-state index in [0.29, 0.717) is 24.8 Å². The van der Waals surface area contributed by atoms with Crippen molar-refractivity contribution in [3.63, 3.8) is 0 Å². The van der Waals surface area contributed by atoms with Gasteiger partial charge in [-0.05, 0) is 12.1 Å². The maximum Gasteiger partial charge on any atom is 0.217 e. The van der Waals surface area contributed by atoms with E-state index in [1.165, 1.54) is 0 Å². The molecule has 0 aliphatic heterocycles. The van der Waals surface area contributed by atoms with E-state index in [0.717, 1.165) is 11.1 Å². The SMILES string of the molecule is COc1ncccc1CNCc1cccnc1OC. The summed E-state index contributed by atoms with van der Waals surface area (Å²) in [6.45, 7) is 1.35. The zero-order valence-corrected chi connectivity index (χ0v) is 11.1. The predicted octanol–water partition coefficient (Wildman–Crippen LogP) is 1.78. The summed E-state index contributed by atoms with van der Waals surface area (Å²) >= 11 is 0. The van der Waals surface area contributed by atoms with Gasteiger partial charge in [-0.15, -0.1) is 0 Å². The smallest absolute Gasteiger partial charge is 0.217 e. The summed E-state index contributed by atoms with van der Waals surface area (Å²) in [6, 6.07) is 7.76. The molecule has 0 saturated carbocycles. The summed E-state index contributed by atoms with van der Waals surface area (Å²) in [5.41, 5.74) is 2.04. The highest BCUT2D eigenvalue weighted by Crippen LogP contribution is 2.15. The van der Waals surface area contributed by atoms with E-state index in [1.54, 1.807) is 26.6 Å². The normalized spacial score (nSPS) is 10.2. The lowest BCUT2D eigenvalue weighted by atomic mass is 10.2. The number of nitrogens with one attached hydrogen (secondary N) is 1. The maximum atomic E-state index is 5.20. The van der Waals surface area contributed by atoms with Crippen molar-refractivity contribution < 1.29 is 9.47 Å². The molecule has 0 bridgehead atoms. The standard InChI is InChI=1S/C14H17N3O2/c1-18-13-11(5-3-7-16-13)9-15-10-12-6-4-8-17-14(12)19-2/h3-8,15H,9-10H2,1-2H3. The quantitative estimate of drug-likeness (QED) is 0.857. The molecule has 2 rings (SSSR count). The van der Waals surface area contributed by atoms with E-state index in [2.05, 4.69) is 15.3 Å². The van der Waals surface area contributed by atoms with E-state index < -0.39 is 0 Å². The van der Waals surface area contributed by atoms with Crippen molar-refractivity contribution in [1.29, 1.82) is 0 Å². The largest absolute Gasteiger partial charge is 0.481 e. The highest BCUT2D eigenvalue weighted by Gasteiger charge is 2.05. The highest BCUT2D eigenvalue weighted by molar-refractivity contribution is 5.27. The number of methoxy groups -OCH3 is 2. The van der Waals surface area contributed by atoms with E-state index in [1.807, 2.05) is 24.3 Å². The number of pyridine rings is 2. The molecule has 0 aromatic carbocycles. The second-order valence-corrected chi connectivity index (χ2v) is 3.95. The van der Waals surface area contributed by atoms with Crippen molar-refractivity contribution >= 4 is 0 Å². The molecule has 0 fully saturated rings. The Hall–Kier alpha value is -2.14. The first kappa shape index (κ1) is 13.3. The van der Waals surface area contributed by atoms with Crippen molar-refractivity contribution in [3.05, 3.63) is 47.8 Å². The van der Waals surface area contributed by atoms with Crippen LogP contribution in [0.5, 0.6) is 11.8 Å². The third kappa shape index (κ3) is 3.42. The van der Waals surface area contributed by atoms with Gasteiger partial charge in [0.1, 0.15) is 0 Å². The van der Waals surface area contributed by atoms with Crippen molar-refractivity contribution in [2.24, 2.45) is 0 Å². The predicted molar refractivity (Wildman–Crippen MR) is 72.1 cm³/mol. The fourth-order valence-electron chi connectivity index (χ4n) is 1.82. The summed E-state index contributed by atoms with van der Waals surface area (Å²) in [7, 11) is 3.24. The first-order valence-corrected chi connectivity index (χ1v) is 6.01. The van der Waals surface area contributed by atoms with E-state index in [9.17, 15) is 0 Å². The summed E-state index contributed by atoms with van der Waals surface area (Å²) < 4.78 is 10.4. The first-order valence-electron chi connectivity index (χ1n) is 6.01. The summed E-state index contributed by atoms with van der Waals surface area (Å²) in [6.07, 6.45) is 3.43. The number of hydrogen-bond acceptors (Lipinski definition) is 5. The van der Waals surface area contributed by atoms with Gasteiger partial charge in [-0.1, -0.05) is 12.1 Å². The second kappa shape index (κ2) is 6.70. The van der Waals surface area contributed by atoms with Gasteiger partial charge in [0.05, 0.1) is 14.2 Å². The van der Waals surface area contributed by atoms with E-state index >= 15 is 0 Å². The molecule has 0 spiro atoms. The molecule has 2 aromatic heterocycles. The van der Waals surface area contributed by atoms with Crippen LogP contribution < -0.4 is 14.8 Å². The van der Waals surface area contributed by atoms with Crippen LogP contribution in [0.4, 0.5) is 0 Å². The van der Waals surface area contributed by atoms with Gasteiger partial charge >= 0.3 is 0 Å². The lowest BCUT2D eigenvalue weighted by molar-refractivity contribution is 0.386. The molecule has 0 unspecified atom stereocenters. The summed E-state index contributed by atoms with van der Waals surface area (Å²) in [5.74, 6) is 1.29. The molecule has 0 amide bonds. The average molecular weight is 259 g/mol. The van der Waals surface area contributed by atoms with Crippen LogP contribution in [-0.2, 0) is 13.1 Å². The molecule has 0 atom stereocenters. The zero-order chi connectivity index (χ0) is 13.5. The monoisotopic (exact) mass is 259 g/mol. The minimum atomic E-state index is 0.646. The lowest BCUT2D eigenvalue weighted by Gasteiger charge is -2.10. The van der Waals surface area contributed by atoms with Gasteiger partial charge in [-0.3, -0.25) is 0 Å². The van der Waals surface area contributed by atoms with Gasteiger partial charge in [-0.2, -0.15) is 0 Å². The van der Waals surface area contributed by atoms with Crippen molar-refractivity contribution in [3.8, 4) is 11.8 Å². The Bertz CT molecular complexity index is 484. The van der Waals surface area contributed by atoms with Gasteiger partial charge in [0.25, 0.3) is 0 Å². The Labute approximate surface area is 112 Å². The van der Waals surface area contributed by atoms with Crippen LogP contribution in [0.15, 0.2) is 36.7 Å². The molecule has 0 aliphatic carbocycles. The fraction of sp³-hybridized carbons (Fsp3) is 0.286. The minimum absolute atomic E-state index is 0.646. The average Bonchev–Trinajstić information content (AvgIpc) is 2.48. The van der Waals surface area contributed by atoms with Crippen LogP contribution in [-0.4, -0.2) is 24.2 Å². The zero-order valence-electron chi connectivity index (χ0n) is 11.1.